The van der Waals surface area contributed by atoms with Crippen molar-refractivity contribution in [3.8, 4) is 0 Å². The SMILES string of the molecule is C=CCOC(=O)NCCNC(=[NH+]CCNC(=O)OC(C)(C)C)SC.F[P-](F)(F)(F)(F)F. The molecular weight excluding hydrogens is 477 g/mol. The third kappa shape index (κ3) is 35.9. The van der Waals surface area contributed by atoms with E-state index in [1.807, 2.05) is 27.0 Å². The zero-order valence-corrected chi connectivity index (χ0v) is 19.3. The predicted molar refractivity (Wildman–Crippen MR) is 110 cm³/mol. The van der Waals surface area contributed by atoms with Gasteiger partial charge in [0.05, 0.1) is 13.1 Å². The predicted octanol–water partition coefficient (Wildman–Crippen LogP) is 3.19. The number of amides is 2. The maximum absolute atomic E-state index is 11.5. The first-order valence-corrected chi connectivity index (χ1v) is 11.9. The number of carbonyl (C=O) groups excluding carboxylic acids is 2. The number of hydrogen-bond acceptors (Lipinski definition) is 5. The van der Waals surface area contributed by atoms with Crippen LogP contribution in [-0.2, 0) is 9.47 Å². The second kappa shape index (κ2) is 12.2. The van der Waals surface area contributed by atoms with Crippen molar-refractivity contribution < 1.29 is 49.2 Å². The molecule has 0 rings (SSSR count). The number of carbonyl (C=O) groups is 2. The first-order valence-electron chi connectivity index (χ1n) is 8.67. The van der Waals surface area contributed by atoms with Crippen LogP contribution in [0, 0.1) is 0 Å². The fraction of sp³-hybridized carbons (Fsp3) is 0.667. The van der Waals surface area contributed by atoms with Gasteiger partial charge in [-0.1, -0.05) is 12.7 Å². The Morgan fingerprint density at radius 2 is 1.48 bits per heavy atom. The van der Waals surface area contributed by atoms with Crippen LogP contribution in [0.5, 0.6) is 0 Å². The number of hydrogen-bond donors (Lipinski definition) is 4. The molecule has 31 heavy (non-hydrogen) atoms. The van der Waals surface area contributed by atoms with Crippen LogP contribution in [-0.4, -0.2) is 62.0 Å². The first-order chi connectivity index (χ1) is 13.7. The average molecular weight is 506 g/mol. The van der Waals surface area contributed by atoms with E-state index in [0.29, 0.717) is 26.2 Å². The van der Waals surface area contributed by atoms with E-state index in [2.05, 4.69) is 27.5 Å². The Labute approximate surface area is 180 Å². The molecule has 8 nitrogen and oxygen atoms in total. The topological polar surface area (TPSA) is 103 Å². The molecule has 0 unspecified atom stereocenters. The van der Waals surface area contributed by atoms with Crippen LogP contribution in [0.1, 0.15) is 20.8 Å². The number of ether oxygens (including phenoxy) is 2. The van der Waals surface area contributed by atoms with Gasteiger partial charge in [0.15, 0.2) is 0 Å². The molecule has 0 heterocycles. The molecule has 4 N–H and O–H groups in total. The molecule has 186 valence electrons. The van der Waals surface area contributed by atoms with E-state index in [4.69, 9.17) is 9.47 Å². The summed E-state index contributed by atoms with van der Waals surface area (Å²) in [6.45, 7) is 11.1. The maximum atomic E-state index is 11.5. The van der Waals surface area contributed by atoms with Gasteiger partial charge in [-0.3, -0.25) is 10.3 Å². The Balaban J connectivity index is 0. The van der Waals surface area contributed by atoms with Crippen LogP contribution in [0.2, 0.25) is 0 Å². The summed E-state index contributed by atoms with van der Waals surface area (Å²) in [6.07, 6.45) is 2.51. The van der Waals surface area contributed by atoms with Crippen LogP contribution in [0.3, 0.4) is 0 Å². The molecule has 0 spiro atoms. The summed E-state index contributed by atoms with van der Waals surface area (Å²) in [5, 5.41) is 9.26. The van der Waals surface area contributed by atoms with Gasteiger partial charge in [0.2, 0.25) is 0 Å². The van der Waals surface area contributed by atoms with Crippen molar-refractivity contribution in [2.75, 3.05) is 39.0 Å². The normalized spacial score (nSPS) is 14.1. The summed E-state index contributed by atoms with van der Waals surface area (Å²) in [5.41, 5.74) is -0.505. The Morgan fingerprint density at radius 3 is 1.94 bits per heavy atom. The average Bonchev–Trinajstić information content (AvgIpc) is 2.54. The van der Waals surface area contributed by atoms with E-state index in [-0.39, 0.29) is 6.61 Å². The van der Waals surface area contributed by atoms with Gasteiger partial charge >= 0.3 is 50.3 Å². The molecule has 0 saturated carbocycles. The quantitative estimate of drug-likeness (QED) is 0.101. The molecule has 16 heteroatoms. The number of halogens is 6. The van der Waals surface area contributed by atoms with Crippen molar-refractivity contribution in [3.05, 3.63) is 12.7 Å². The molecule has 0 aromatic carbocycles. The number of amidine groups is 1. The van der Waals surface area contributed by atoms with Crippen LogP contribution in [0.15, 0.2) is 12.7 Å². The molecule has 0 radical (unpaired) electrons. The van der Waals surface area contributed by atoms with Crippen LogP contribution in [0.25, 0.3) is 0 Å². The molecule has 2 amide bonds. The minimum absolute atomic E-state index is 0.188. The van der Waals surface area contributed by atoms with Gasteiger partial charge in [-0.2, -0.15) is 0 Å². The molecule has 0 aromatic heterocycles. The molecule has 0 atom stereocenters. The van der Waals surface area contributed by atoms with Gasteiger partial charge in [-0.15, -0.1) is 0 Å². The molecular formula is C15H29F6N4O4PS. The van der Waals surface area contributed by atoms with Gasteiger partial charge in [0.25, 0.3) is 0 Å². The van der Waals surface area contributed by atoms with E-state index in [9.17, 15) is 34.8 Å². The monoisotopic (exact) mass is 506 g/mol. The third-order valence-corrected chi connectivity index (χ3v) is 2.99. The van der Waals surface area contributed by atoms with E-state index >= 15 is 0 Å². The van der Waals surface area contributed by atoms with Crippen molar-refractivity contribution in [1.29, 1.82) is 0 Å². The summed E-state index contributed by atoms with van der Waals surface area (Å²) in [5.74, 6) is 0. The Hall–Kier alpha value is -1.89. The fourth-order valence-electron chi connectivity index (χ4n) is 1.39. The van der Waals surface area contributed by atoms with Crippen molar-refractivity contribution in [1.82, 2.24) is 16.0 Å². The molecule has 0 saturated heterocycles. The zero-order valence-electron chi connectivity index (χ0n) is 17.6. The van der Waals surface area contributed by atoms with E-state index in [1.54, 1.807) is 0 Å². The third-order valence-electron chi connectivity index (χ3n) is 2.30. The summed E-state index contributed by atoms with van der Waals surface area (Å²) >= 11 is 1.50. The van der Waals surface area contributed by atoms with Crippen LogP contribution >= 0.6 is 19.6 Å². The van der Waals surface area contributed by atoms with Gasteiger partial charge in [0, 0.05) is 0 Å². The fourth-order valence-corrected chi connectivity index (χ4v) is 1.88. The molecule has 0 aromatic rings. The summed E-state index contributed by atoms with van der Waals surface area (Å²) < 4.78 is 69.1. The number of rotatable bonds is 8. The minimum atomic E-state index is -10.7. The van der Waals surface area contributed by atoms with Crippen molar-refractivity contribution >= 4 is 36.9 Å². The molecule has 0 aliphatic heterocycles. The summed E-state index contributed by atoms with van der Waals surface area (Å²) in [4.78, 5) is 25.8. The van der Waals surface area contributed by atoms with Gasteiger partial charge in [-0.25, -0.2) is 9.59 Å². The number of nitrogens with one attached hydrogen (secondary N) is 4. The molecule has 0 bridgehead atoms. The molecule has 0 aliphatic rings. The van der Waals surface area contributed by atoms with E-state index in [1.165, 1.54) is 17.8 Å². The molecule has 0 fully saturated rings. The van der Waals surface area contributed by atoms with Crippen molar-refractivity contribution in [2.45, 2.75) is 26.4 Å². The number of thioether (sulfide) groups is 1. The zero-order chi connectivity index (χ0) is 24.8. The summed E-state index contributed by atoms with van der Waals surface area (Å²) in [7, 11) is -10.7. The van der Waals surface area contributed by atoms with E-state index < -0.39 is 25.6 Å². The van der Waals surface area contributed by atoms with Crippen molar-refractivity contribution in [3.63, 3.8) is 0 Å². The van der Waals surface area contributed by atoms with Gasteiger partial charge in [0.1, 0.15) is 25.3 Å². The Bertz CT molecular complexity index is 615. The van der Waals surface area contributed by atoms with E-state index in [0.717, 1.165) is 5.17 Å². The standard InChI is InChI=1S/C15H28N4O4S.F6P/c1-6-11-22-13(20)18-9-7-16-12(24-5)17-8-10-19-14(21)23-15(2,3)4;1-7(2,3,4,5)6/h6H,1,7-11H2,2-5H3,(H,16,17)(H,18,20)(H,19,21);/q;-1/p+1. The van der Waals surface area contributed by atoms with Gasteiger partial charge < -0.3 is 20.1 Å². The second-order valence-corrected chi connectivity index (χ2v) is 9.32. The number of alkyl carbamates (subject to hydrolysis) is 2. The van der Waals surface area contributed by atoms with Crippen LogP contribution in [0.4, 0.5) is 34.8 Å². The van der Waals surface area contributed by atoms with Crippen molar-refractivity contribution in [2.24, 2.45) is 0 Å². The summed E-state index contributed by atoms with van der Waals surface area (Å²) in [6, 6.07) is 0. The first kappa shape index (κ1) is 31.3. The second-order valence-electron chi connectivity index (χ2n) is 6.59. The Morgan fingerprint density at radius 1 is 1.00 bits per heavy atom. The van der Waals surface area contributed by atoms with Crippen LogP contribution < -0.4 is 20.9 Å². The Kier molecular flexibility index (Phi) is 12.3. The van der Waals surface area contributed by atoms with Gasteiger partial charge in [-0.05, 0) is 38.8 Å². The molecule has 0 aliphatic carbocycles.